The summed E-state index contributed by atoms with van der Waals surface area (Å²) in [5, 5.41) is 14.7. The second-order valence-corrected chi connectivity index (χ2v) is 9.72. The van der Waals surface area contributed by atoms with Crippen molar-refractivity contribution in [1.29, 1.82) is 0 Å². The monoisotopic (exact) mass is 434 g/mol. The molecule has 0 amide bonds. The van der Waals surface area contributed by atoms with Gasteiger partial charge in [-0.1, -0.05) is 29.8 Å². The van der Waals surface area contributed by atoms with E-state index in [0.717, 1.165) is 22.6 Å². The molecule has 1 aromatic heterocycles. The van der Waals surface area contributed by atoms with Gasteiger partial charge in [0.05, 0.1) is 5.56 Å². The molecular formula is C19H15ClN2O4S2. The molecule has 1 atom stereocenters. The standard InChI is InChI=1S/C19H15ClN2O4S2/c20-15-7-8-16-13(10-15)11-19(21-16,14-5-3-12(4-6-14)18(23)24)22-28(25,26)17-2-1-9-27-17/h1-10,21-22H,11H2,(H,23,24). The lowest BCUT2D eigenvalue weighted by Crippen LogP contribution is -2.50. The van der Waals surface area contributed by atoms with Gasteiger partial charge in [-0.05, 0) is 52.9 Å². The number of anilines is 1. The summed E-state index contributed by atoms with van der Waals surface area (Å²) in [5.41, 5.74) is 1.19. The van der Waals surface area contributed by atoms with Crippen LogP contribution in [0.5, 0.6) is 0 Å². The molecule has 0 aliphatic carbocycles. The van der Waals surface area contributed by atoms with Crippen molar-refractivity contribution < 1.29 is 18.3 Å². The number of benzene rings is 2. The van der Waals surface area contributed by atoms with Crippen LogP contribution in [0.25, 0.3) is 0 Å². The first-order valence-electron chi connectivity index (χ1n) is 8.27. The molecule has 3 N–H and O–H groups in total. The Morgan fingerprint density at radius 2 is 1.93 bits per heavy atom. The Bertz CT molecular complexity index is 1150. The molecule has 0 spiro atoms. The van der Waals surface area contributed by atoms with Crippen molar-refractivity contribution in [3.8, 4) is 0 Å². The van der Waals surface area contributed by atoms with Gasteiger partial charge in [-0.25, -0.2) is 13.2 Å². The average molecular weight is 435 g/mol. The molecule has 28 heavy (non-hydrogen) atoms. The largest absolute Gasteiger partial charge is 0.478 e. The Hall–Kier alpha value is -2.39. The fraction of sp³-hybridized carbons (Fsp3) is 0.105. The van der Waals surface area contributed by atoms with E-state index in [1.165, 1.54) is 18.2 Å². The summed E-state index contributed by atoms with van der Waals surface area (Å²) in [6, 6.07) is 14.7. The van der Waals surface area contributed by atoms with Gasteiger partial charge in [0.15, 0.2) is 0 Å². The summed E-state index contributed by atoms with van der Waals surface area (Å²) in [4.78, 5) is 11.2. The van der Waals surface area contributed by atoms with E-state index in [-0.39, 0.29) is 9.77 Å². The fourth-order valence-electron chi connectivity index (χ4n) is 3.28. The molecule has 6 nitrogen and oxygen atoms in total. The van der Waals surface area contributed by atoms with Gasteiger partial charge in [-0.2, -0.15) is 4.72 Å². The molecule has 144 valence electrons. The van der Waals surface area contributed by atoms with Gasteiger partial charge >= 0.3 is 5.97 Å². The zero-order valence-electron chi connectivity index (χ0n) is 14.3. The molecule has 4 rings (SSSR count). The van der Waals surface area contributed by atoms with E-state index in [4.69, 9.17) is 16.7 Å². The lowest BCUT2D eigenvalue weighted by Gasteiger charge is -2.31. The number of halogens is 1. The first-order chi connectivity index (χ1) is 13.3. The van der Waals surface area contributed by atoms with Gasteiger partial charge in [0.1, 0.15) is 9.87 Å². The van der Waals surface area contributed by atoms with Crippen LogP contribution in [0.3, 0.4) is 0 Å². The Morgan fingerprint density at radius 3 is 2.57 bits per heavy atom. The van der Waals surface area contributed by atoms with Crippen molar-refractivity contribution >= 4 is 44.6 Å². The number of carboxylic acids is 1. The Balaban J connectivity index is 1.79. The van der Waals surface area contributed by atoms with E-state index in [1.54, 1.807) is 41.8 Å². The van der Waals surface area contributed by atoms with Gasteiger partial charge < -0.3 is 10.4 Å². The predicted molar refractivity (Wildman–Crippen MR) is 108 cm³/mol. The third kappa shape index (κ3) is 3.40. The second kappa shape index (κ2) is 6.89. The molecule has 3 aromatic rings. The lowest BCUT2D eigenvalue weighted by molar-refractivity contribution is 0.0697. The van der Waals surface area contributed by atoms with Crippen LogP contribution < -0.4 is 10.0 Å². The highest BCUT2D eigenvalue weighted by Gasteiger charge is 2.42. The minimum atomic E-state index is -3.80. The van der Waals surface area contributed by atoms with Crippen LogP contribution >= 0.6 is 22.9 Å². The predicted octanol–water partition coefficient (Wildman–Crippen LogP) is 3.90. The molecule has 9 heteroatoms. The quantitative estimate of drug-likeness (QED) is 0.566. The van der Waals surface area contributed by atoms with E-state index in [2.05, 4.69) is 10.0 Å². The number of nitrogens with one attached hydrogen (secondary N) is 2. The van der Waals surface area contributed by atoms with Crippen LogP contribution in [-0.4, -0.2) is 19.5 Å². The number of aromatic carboxylic acids is 1. The van der Waals surface area contributed by atoms with E-state index >= 15 is 0 Å². The number of carbonyl (C=O) groups is 1. The summed E-state index contributed by atoms with van der Waals surface area (Å²) in [6.07, 6.45) is 0.319. The highest BCUT2D eigenvalue weighted by atomic mass is 35.5. The topological polar surface area (TPSA) is 95.5 Å². The smallest absolute Gasteiger partial charge is 0.335 e. The van der Waals surface area contributed by atoms with E-state index < -0.39 is 21.7 Å². The molecule has 0 saturated heterocycles. The fourth-order valence-corrected chi connectivity index (χ4v) is 5.78. The summed E-state index contributed by atoms with van der Waals surface area (Å²) in [5.74, 6) is -1.05. The summed E-state index contributed by atoms with van der Waals surface area (Å²) in [7, 11) is -3.80. The van der Waals surface area contributed by atoms with Gasteiger partial charge in [0.2, 0.25) is 0 Å². The molecule has 0 fully saturated rings. The van der Waals surface area contributed by atoms with Crippen molar-refractivity contribution in [1.82, 2.24) is 4.72 Å². The van der Waals surface area contributed by atoms with Crippen molar-refractivity contribution in [2.75, 3.05) is 5.32 Å². The van der Waals surface area contributed by atoms with Crippen molar-refractivity contribution in [2.45, 2.75) is 16.3 Å². The number of fused-ring (bicyclic) bond motifs is 1. The molecule has 1 aliphatic rings. The third-order valence-corrected chi connectivity index (χ3v) is 7.69. The van der Waals surface area contributed by atoms with E-state index in [0.29, 0.717) is 17.0 Å². The lowest BCUT2D eigenvalue weighted by atomic mass is 9.95. The first-order valence-corrected chi connectivity index (χ1v) is 11.0. The Labute approximate surface area is 170 Å². The number of rotatable bonds is 5. The van der Waals surface area contributed by atoms with Crippen LogP contribution in [0.4, 0.5) is 5.69 Å². The molecule has 0 radical (unpaired) electrons. The van der Waals surface area contributed by atoms with Crippen molar-refractivity contribution in [3.05, 3.63) is 81.7 Å². The van der Waals surface area contributed by atoms with Crippen molar-refractivity contribution in [2.24, 2.45) is 0 Å². The average Bonchev–Trinajstić information content (AvgIpc) is 3.30. The Kier molecular flexibility index (Phi) is 4.67. The van der Waals surface area contributed by atoms with Gasteiger partial charge in [-0.15, -0.1) is 11.3 Å². The molecule has 1 unspecified atom stereocenters. The normalized spacial score (nSPS) is 18.5. The van der Waals surface area contributed by atoms with Gasteiger partial charge in [0, 0.05) is 17.1 Å². The Morgan fingerprint density at radius 1 is 1.18 bits per heavy atom. The molecule has 2 aromatic carbocycles. The number of carboxylic acid groups (broad SMARTS) is 1. The highest BCUT2D eigenvalue weighted by Crippen LogP contribution is 2.40. The maximum Gasteiger partial charge on any atom is 0.335 e. The number of sulfonamides is 1. The first kappa shape index (κ1) is 18.9. The molecule has 2 heterocycles. The van der Waals surface area contributed by atoms with Crippen LogP contribution in [0.15, 0.2) is 64.2 Å². The highest BCUT2D eigenvalue weighted by molar-refractivity contribution is 7.91. The van der Waals surface area contributed by atoms with Crippen LogP contribution in [-0.2, 0) is 22.1 Å². The van der Waals surface area contributed by atoms with Crippen LogP contribution in [0.2, 0.25) is 5.02 Å². The molecule has 1 aliphatic heterocycles. The van der Waals surface area contributed by atoms with Gasteiger partial charge in [-0.3, -0.25) is 0 Å². The minimum absolute atomic E-state index is 0.124. The molecular weight excluding hydrogens is 420 g/mol. The van der Waals surface area contributed by atoms with Crippen molar-refractivity contribution in [3.63, 3.8) is 0 Å². The summed E-state index contributed by atoms with van der Waals surface area (Å²) >= 11 is 7.23. The van der Waals surface area contributed by atoms with Crippen LogP contribution in [0, 0.1) is 0 Å². The van der Waals surface area contributed by atoms with E-state index in [9.17, 15) is 13.2 Å². The van der Waals surface area contributed by atoms with E-state index in [1.807, 2.05) is 0 Å². The van der Waals surface area contributed by atoms with Crippen LogP contribution in [0.1, 0.15) is 21.5 Å². The maximum atomic E-state index is 13.0. The zero-order chi connectivity index (χ0) is 19.9. The zero-order valence-corrected chi connectivity index (χ0v) is 16.7. The third-order valence-electron chi connectivity index (χ3n) is 4.56. The van der Waals surface area contributed by atoms with Gasteiger partial charge in [0.25, 0.3) is 10.0 Å². The SMILES string of the molecule is O=C(O)c1ccc(C2(NS(=O)(=O)c3cccs3)Cc3cc(Cl)ccc3N2)cc1. The number of hydrogen-bond acceptors (Lipinski definition) is 5. The summed E-state index contributed by atoms with van der Waals surface area (Å²) < 4.78 is 28.9. The minimum Gasteiger partial charge on any atom is -0.478 e. The maximum absolute atomic E-state index is 13.0. The number of hydrogen-bond donors (Lipinski definition) is 3. The second-order valence-electron chi connectivity index (χ2n) is 6.43. The number of thiophene rings is 1. The summed E-state index contributed by atoms with van der Waals surface area (Å²) in [6.45, 7) is 0. The molecule has 0 bridgehead atoms. The molecule has 0 saturated carbocycles.